The molecule has 0 bridgehead atoms. The summed E-state index contributed by atoms with van der Waals surface area (Å²) in [6, 6.07) is -2.02. The molecule has 1 aromatic rings. The van der Waals surface area contributed by atoms with E-state index in [2.05, 4.69) is 4.98 Å². The Morgan fingerprint density at radius 2 is 2.00 bits per heavy atom. The molecule has 5 nitrogen and oxygen atoms in total. The third-order valence-electron chi connectivity index (χ3n) is 2.16. The van der Waals surface area contributed by atoms with E-state index in [1.165, 1.54) is 11.3 Å². The Morgan fingerprint density at radius 1 is 1.42 bits per heavy atom. The molecule has 0 aliphatic heterocycles. The van der Waals surface area contributed by atoms with Crippen molar-refractivity contribution >= 4 is 23.2 Å². The van der Waals surface area contributed by atoms with E-state index in [0.29, 0.717) is 9.88 Å². The number of carbonyl (C=O) groups is 2. The number of rotatable bonds is 4. The molecule has 0 aliphatic rings. The first-order chi connectivity index (χ1) is 8.60. The number of carboxylic acids is 1. The van der Waals surface area contributed by atoms with E-state index in [-0.39, 0.29) is 5.69 Å². The van der Waals surface area contributed by atoms with E-state index in [0.717, 1.165) is 0 Å². The van der Waals surface area contributed by atoms with Gasteiger partial charge in [-0.05, 0) is 13.8 Å². The van der Waals surface area contributed by atoms with Crippen LogP contribution in [0.4, 0.5) is 13.2 Å². The summed E-state index contributed by atoms with van der Waals surface area (Å²) in [4.78, 5) is 26.8. The molecular formula is C10H11F3N2O3S. The quantitative estimate of drug-likeness (QED) is 0.889. The Hall–Kier alpha value is -1.64. The SMILES string of the molecule is Cc1nc(C(=O)NC(CC(F)(F)F)C(=O)O)c(C)s1. The van der Waals surface area contributed by atoms with Gasteiger partial charge in [-0.3, -0.25) is 4.79 Å². The highest BCUT2D eigenvalue weighted by atomic mass is 32.1. The lowest BCUT2D eigenvalue weighted by atomic mass is 10.2. The number of halogens is 3. The van der Waals surface area contributed by atoms with E-state index < -0.39 is 30.5 Å². The topological polar surface area (TPSA) is 79.3 Å². The predicted molar refractivity (Wildman–Crippen MR) is 61.2 cm³/mol. The fraction of sp³-hybridized carbons (Fsp3) is 0.500. The van der Waals surface area contributed by atoms with E-state index in [1.807, 2.05) is 5.32 Å². The number of nitrogens with one attached hydrogen (secondary N) is 1. The number of hydrogen-bond acceptors (Lipinski definition) is 4. The molecule has 0 radical (unpaired) electrons. The van der Waals surface area contributed by atoms with Crippen molar-refractivity contribution in [1.29, 1.82) is 0 Å². The van der Waals surface area contributed by atoms with Gasteiger partial charge in [-0.15, -0.1) is 11.3 Å². The van der Waals surface area contributed by atoms with Crippen molar-refractivity contribution in [1.82, 2.24) is 10.3 Å². The molecular weight excluding hydrogens is 285 g/mol. The molecule has 9 heteroatoms. The van der Waals surface area contributed by atoms with Gasteiger partial charge in [-0.2, -0.15) is 13.2 Å². The summed E-state index contributed by atoms with van der Waals surface area (Å²) < 4.78 is 36.5. The van der Waals surface area contributed by atoms with Crippen LogP contribution in [-0.2, 0) is 4.79 Å². The zero-order chi connectivity index (χ0) is 14.8. The van der Waals surface area contributed by atoms with Crippen molar-refractivity contribution in [2.24, 2.45) is 0 Å². The average molecular weight is 296 g/mol. The normalized spacial score (nSPS) is 13.1. The summed E-state index contributed by atoms with van der Waals surface area (Å²) >= 11 is 1.20. The maximum absolute atomic E-state index is 12.2. The molecule has 0 fully saturated rings. The van der Waals surface area contributed by atoms with Gasteiger partial charge in [0.15, 0.2) is 0 Å². The molecule has 1 amide bonds. The van der Waals surface area contributed by atoms with E-state index in [4.69, 9.17) is 5.11 Å². The number of aryl methyl sites for hydroxylation is 2. The predicted octanol–water partition coefficient (Wildman–Crippen LogP) is 1.90. The van der Waals surface area contributed by atoms with Crippen LogP contribution in [-0.4, -0.2) is 34.2 Å². The molecule has 0 aromatic carbocycles. The number of alkyl halides is 3. The molecule has 1 rings (SSSR count). The Kier molecular flexibility index (Phi) is 4.51. The van der Waals surface area contributed by atoms with Gasteiger partial charge in [0.1, 0.15) is 11.7 Å². The van der Waals surface area contributed by atoms with Gasteiger partial charge in [-0.1, -0.05) is 0 Å². The number of hydrogen-bond donors (Lipinski definition) is 2. The van der Waals surface area contributed by atoms with Crippen LogP contribution in [0.1, 0.15) is 26.8 Å². The highest BCUT2D eigenvalue weighted by Gasteiger charge is 2.36. The van der Waals surface area contributed by atoms with Gasteiger partial charge < -0.3 is 10.4 Å². The highest BCUT2D eigenvalue weighted by Crippen LogP contribution is 2.22. The first kappa shape index (κ1) is 15.4. The van der Waals surface area contributed by atoms with Gasteiger partial charge in [0, 0.05) is 4.88 Å². The number of carbonyl (C=O) groups excluding carboxylic acids is 1. The number of aromatic nitrogens is 1. The number of aliphatic carboxylic acids is 1. The van der Waals surface area contributed by atoms with Crippen LogP contribution in [0, 0.1) is 13.8 Å². The third kappa shape index (κ3) is 4.51. The number of carboxylic acid groups (broad SMARTS) is 1. The summed E-state index contributed by atoms with van der Waals surface area (Å²) in [5.74, 6) is -2.66. The van der Waals surface area contributed by atoms with Gasteiger partial charge in [-0.25, -0.2) is 9.78 Å². The van der Waals surface area contributed by atoms with Crippen LogP contribution in [0.25, 0.3) is 0 Å². The first-order valence-electron chi connectivity index (χ1n) is 5.14. The molecule has 0 spiro atoms. The second kappa shape index (κ2) is 5.55. The standard InChI is InChI=1S/C10H11F3N2O3S/c1-4-7(14-5(2)19-4)8(16)15-6(9(17)18)3-10(11,12)13/h6H,3H2,1-2H3,(H,15,16)(H,17,18). The smallest absolute Gasteiger partial charge is 0.391 e. The molecule has 0 aliphatic carbocycles. The maximum Gasteiger partial charge on any atom is 0.391 e. The van der Waals surface area contributed by atoms with Gasteiger partial charge in [0.2, 0.25) is 0 Å². The molecule has 106 valence electrons. The van der Waals surface area contributed by atoms with Crippen LogP contribution in [0.15, 0.2) is 0 Å². The lowest BCUT2D eigenvalue weighted by Crippen LogP contribution is -2.43. The zero-order valence-electron chi connectivity index (χ0n) is 10.0. The molecule has 1 aromatic heterocycles. The van der Waals surface area contributed by atoms with Crippen molar-refractivity contribution in [2.45, 2.75) is 32.5 Å². The third-order valence-corrected chi connectivity index (χ3v) is 3.04. The van der Waals surface area contributed by atoms with Gasteiger partial charge in [0.05, 0.1) is 11.4 Å². The molecule has 1 atom stereocenters. The lowest BCUT2D eigenvalue weighted by molar-refractivity contribution is -0.157. The molecule has 19 heavy (non-hydrogen) atoms. The summed E-state index contributed by atoms with van der Waals surface area (Å²) in [6.45, 7) is 3.22. The van der Waals surface area contributed by atoms with E-state index >= 15 is 0 Å². The van der Waals surface area contributed by atoms with Gasteiger partial charge >= 0.3 is 12.1 Å². The Balaban J connectivity index is 2.83. The second-order valence-corrected chi connectivity index (χ2v) is 5.23. The minimum absolute atomic E-state index is 0.0454. The Morgan fingerprint density at radius 3 is 2.37 bits per heavy atom. The molecule has 0 saturated heterocycles. The maximum atomic E-state index is 12.2. The summed E-state index contributed by atoms with van der Waals surface area (Å²) in [5.41, 5.74) is -0.0454. The molecule has 0 saturated carbocycles. The van der Waals surface area contributed by atoms with E-state index in [9.17, 15) is 22.8 Å². The van der Waals surface area contributed by atoms with Crippen molar-refractivity contribution in [3.63, 3.8) is 0 Å². The summed E-state index contributed by atoms with van der Waals surface area (Å²) in [7, 11) is 0. The van der Waals surface area contributed by atoms with Crippen molar-refractivity contribution in [3.8, 4) is 0 Å². The van der Waals surface area contributed by atoms with Crippen molar-refractivity contribution in [3.05, 3.63) is 15.6 Å². The monoisotopic (exact) mass is 296 g/mol. The van der Waals surface area contributed by atoms with Crippen molar-refractivity contribution in [2.75, 3.05) is 0 Å². The average Bonchev–Trinajstić information content (AvgIpc) is 2.54. The molecule has 1 heterocycles. The fourth-order valence-corrected chi connectivity index (χ4v) is 2.21. The molecule has 1 unspecified atom stereocenters. The highest BCUT2D eigenvalue weighted by molar-refractivity contribution is 7.11. The van der Waals surface area contributed by atoms with Crippen LogP contribution in [0.3, 0.4) is 0 Å². The molecule has 2 N–H and O–H groups in total. The Bertz CT molecular complexity index is 499. The van der Waals surface area contributed by atoms with Crippen LogP contribution >= 0.6 is 11.3 Å². The number of thiazole rings is 1. The summed E-state index contributed by atoms with van der Waals surface area (Å²) in [5, 5.41) is 11.1. The fourth-order valence-electron chi connectivity index (χ4n) is 1.40. The van der Waals surface area contributed by atoms with Crippen LogP contribution < -0.4 is 5.32 Å². The largest absolute Gasteiger partial charge is 0.480 e. The lowest BCUT2D eigenvalue weighted by Gasteiger charge is -2.15. The first-order valence-corrected chi connectivity index (χ1v) is 5.96. The summed E-state index contributed by atoms with van der Waals surface area (Å²) in [6.07, 6.45) is -6.31. The van der Waals surface area contributed by atoms with Gasteiger partial charge in [0.25, 0.3) is 5.91 Å². The minimum Gasteiger partial charge on any atom is -0.480 e. The van der Waals surface area contributed by atoms with Crippen LogP contribution in [0.2, 0.25) is 0 Å². The van der Waals surface area contributed by atoms with Crippen LogP contribution in [0.5, 0.6) is 0 Å². The number of nitrogens with zero attached hydrogens (tertiary/aromatic N) is 1. The second-order valence-electron chi connectivity index (χ2n) is 3.82. The zero-order valence-corrected chi connectivity index (χ0v) is 10.9. The van der Waals surface area contributed by atoms with E-state index in [1.54, 1.807) is 13.8 Å². The number of amides is 1. The Labute approximate surface area is 110 Å². The van der Waals surface area contributed by atoms with Crippen molar-refractivity contribution < 1.29 is 27.9 Å². The minimum atomic E-state index is -4.68.